The molecule has 1 aromatic heterocycles. The monoisotopic (exact) mass is 304 g/mol. The molecule has 0 saturated heterocycles. The van der Waals surface area contributed by atoms with Crippen molar-refractivity contribution in [3.05, 3.63) is 48.5 Å². The topological polar surface area (TPSA) is 76.3 Å². The SMILES string of the molecule is NC(=NCCCc1ncc[nH]1)SCCOc1ccccc1. The van der Waals surface area contributed by atoms with Crippen LogP contribution in [0.15, 0.2) is 47.7 Å². The van der Waals surface area contributed by atoms with Crippen LogP contribution >= 0.6 is 11.8 Å². The third kappa shape index (κ3) is 6.35. The van der Waals surface area contributed by atoms with Crippen LogP contribution in [0.1, 0.15) is 12.2 Å². The number of hydrogen-bond acceptors (Lipinski definition) is 4. The summed E-state index contributed by atoms with van der Waals surface area (Å²) in [6.45, 7) is 1.34. The number of rotatable bonds is 8. The van der Waals surface area contributed by atoms with Crippen LogP contribution in [0.2, 0.25) is 0 Å². The molecular weight excluding hydrogens is 284 g/mol. The molecule has 0 aliphatic rings. The Balaban J connectivity index is 1.54. The summed E-state index contributed by atoms with van der Waals surface area (Å²) in [5, 5.41) is 0.617. The molecular formula is C15H20N4OS. The third-order valence-corrected chi connectivity index (χ3v) is 3.54. The van der Waals surface area contributed by atoms with E-state index in [0.717, 1.165) is 36.7 Å². The first-order valence-corrected chi connectivity index (χ1v) is 7.92. The van der Waals surface area contributed by atoms with Crippen molar-refractivity contribution in [2.45, 2.75) is 12.8 Å². The number of nitrogens with two attached hydrogens (primary N) is 1. The lowest BCUT2D eigenvalue weighted by molar-refractivity contribution is 0.344. The summed E-state index contributed by atoms with van der Waals surface area (Å²) in [4.78, 5) is 11.6. The van der Waals surface area contributed by atoms with Crippen LogP contribution < -0.4 is 10.5 Å². The molecule has 0 radical (unpaired) electrons. The third-order valence-electron chi connectivity index (χ3n) is 2.74. The molecule has 0 aliphatic heterocycles. The maximum absolute atomic E-state index is 5.85. The van der Waals surface area contributed by atoms with E-state index >= 15 is 0 Å². The standard InChI is InChI=1S/C15H20N4OS/c16-15(19-8-4-7-14-17-9-10-18-14)21-12-11-20-13-5-2-1-3-6-13/h1-3,5-6,9-10H,4,7-8,11-12H2,(H2,16,19)(H,17,18). The Labute approximate surface area is 129 Å². The van der Waals surface area contributed by atoms with E-state index in [1.54, 1.807) is 6.20 Å². The molecule has 21 heavy (non-hydrogen) atoms. The van der Waals surface area contributed by atoms with Gasteiger partial charge in [-0.25, -0.2) is 4.98 Å². The number of para-hydroxylation sites is 1. The average molecular weight is 304 g/mol. The second-order valence-corrected chi connectivity index (χ2v) is 5.48. The number of aromatic amines is 1. The fourth-order valence-corrected chi connectivity index (χ4v) is 2.30. The lowest BCUT2D eigenvalue weighted by Crippen LogP contribution is -2.11. The summed E-state index contributed by atoms with van der Waals surface area (Å²) >= 11 is 1.52. The molecule has 1 aromatic carbocycles. The van der Waals surface area contributed by atoms with Crippen molar-refractivity contribution in [3.63, 3.8) is 0 Å². The summed E-state index contributed by atoms with van der Waals surface area (Å²) < 4.78 is 5.59. The van der Waals surface area contributed by atoms with Crippen molar-refractivity contribution < 1.29 is 4.74 Å². The smallest absolute Gasteiger partial charge is 0.154 e. The van der Waals surface area contributed by atoms with Gasteiger partial charge in [0.05, 0.1) is 6.61 Å². The molecule has 2 aromatic rings. The van der Waals surface area contributed by atoms with E-state index < -0.39 is 0 Å². The van der Waals surface area contributed by atoms with Gasteiger partial charge in [0, 0.05) is 31.1 Å². The first-order valence-electron chi connectivity index (χ1n) is 6.93. The number of H-pyrrole nitrogens is 1. The van der Waals surface area contributed by atoms with Gasteiger partial charge in [-0.2, -0.15) is 0 Å². The van der Waals surface area contributed by atoms with Crippen molar-refractivity contribution in [2.24, 2.45) is 10.7 Å². The number of aryl methyl sites for hydroxylation is 1. The van der Waals surface area contributed by atoms with E-state index in [0.29, 0.717) is 11.8 Å². The number of imidazole rings is 1. The van der Waals surface area contributed by atoms with Crippen LogP contribution in [0.25, 0.3) is 0 Å². The van der Waals surface area contributed by atoms with E-state index in [1.165, 1.54) is 11.8 Å². The van der Waals surface area contributed by atoms with Gasteiger partial charge in [0.25, 0.3) is 0 Å². The maximum Gasteiger partial charge on any atom is 0.154 e. The highest BCUT2D eigenvalue weighted by Gasteiger charge is 1.97. The molecule has 0 spiro atoms. The molecule has 112 valence electrons. The quantitative estimate of drug-likeness (QED) is 0.446. The second kappa shape index (κ2) is 9.07. The van der Waals surface area contributed by atoms with Crippen LogP contribution in [-0.4, -0.2) is 34.0 Å². The average Bonchev–Trinajstić information content (AvgIpc) is 3.02. The summed E-state index contributed by atoms with van der Waals surface area (Å²) in [6, 6.07) is 9.76. The predicted octanol–water partition coefficient (Wildman–Crippen LogP) is 2.47. The number of amidine groups is 1. The zero-order valence-electron chi connectivity index (χ0n) is 11.9. The van der Waals surface area contributed by atoms with E-state index in [2.05, 4.69) is 15.0 Å². The van der Waals surface area contributed by atoms with Crippen LogP contribution in [0, 0.1) is 0 Å². The minimum absolute atomic E-state index is 0.617. The molecule has 0 unspecified atom stereocenters. The molecule has 6 heteroatoms. The molecule has 0 amide bonds. The van der Waals surface area contributed by atoms with Gasteiger partial charge in [-0.1, -0.05) is 30.0 Å². The summed E-state index contributed by atoms with van der Waals surface area (Å²) in [7, 11) is 0. The van der Waals surface area contributed by atoms with E-state index in [9.17, 15) is 0 Å². The number of nitrogens with zero attached hydrogens (tertiary/aromatic N) is 2. The van der Waals surface area contributed by atoms with Gasteiger partial charge in [0.15, 0.2) is 5.17 Å². The molecule has 0 aliphatic carbocycles. The van der Waals surface area contributed by atoms with Crippen molar-refractivity contribution in [1.82, 2.24) is 9.97 Å². The largest absolute Gasteiger partial charge is 0.493 e. The van der Waals surface area contributed by atoms with Gasteiger partial charge in [0.1, 0.15) is 11.6 Å². The normalized spacial score (nSPS) is 11.5. The number of ether oxygens (including phenoxy) is 1. The van der Waals surface area contributed by atoms with Crippen molar-refractivity contribution >= 4 is 16.9 Å². The van der Waals surface area contributed by atoms with Gasteiger partial charge in [-0.05, 0) is 18.6 Å². The Hall–Kier alpha value is -1.95. The van der Waals surface area contributed by atoms with Crippen LogP contribution in [0.3, 0.4) is 0 Å². The Morgan fingerprint density at radius 2 is 2.19 bits per heavy atom. The fraction of sp³-hybridized carbons (Fsp3) is 0.333. The Morgan fingerprint density at radius 3 is 2.95 bits per heavy atom. The highest BCUT2D eigenvalue weighted by atomic mass is 32.2. The zero-order chi connectivity index (χ0) is 14.8. The molecule has 0 atom stereocenters. The number of benzene rings is 1. The molecule has 0 fully saturated rings. The van der Waals surface area contributed by atoms with Crippen LogP contribution in [0.5, 0.6) is 5.75 Å². The second-order valence-electron chi connectivity index (χ2n) is 4.37. The molecule has 1 heterocycles. The first kappa shape index (κ1) is 15.4. The Bertz CT molecular complexity index is 528. The lowest BCUT2D eigenvalue weighted by Gasteiger charge is -2.05. The number of aromatic nitrogens is 2. The van der Waals surface area contributed by atoms with Gasteiger partial charge in [-0.3, -0.25) is 4.99 Å². The summed E-state index contributed by atoms with van der Waals surface area (Å²) in [5.41, 5.74) is 5.85. The predicted molar refractivity (Wildman–Crippen MR) is 87.8 cm³/mol. The highest BCUT2D eigenvalue weighted by Crippen LogP contribution is 2.09. The number of aliphatic imine (C=N–C) groups is 1. The molecule has 0 bridgehead atoms. The number of thioether (sulfide) groups is 1. The molecule has 3 N–H and O–H groups in total. The minimum atomic E-state index is 0.617. The minimum Gasteiger partial charge on any atom is -0.493 e. The Morgan fingerprint density at radius 1 is 1.33 bits per heavy atom. The summed E-state index contributed by atoms with van der Waals surface area (Å²) in [5.74, 6) is 2.67. The van der Waals surface area contributed by atoms with Crippen LogP contribution in [-0.2, 0) is 6.42 Å². The fourth-order valence-electron chi connectivity index (χ4n) is 1.74. The van der Waals surface area contributed by atoms with Gasteiger partial charge in [0.2, 0.25) is 0 Å². The van der Waals surface area contributed by atoms with Crippen molar-refractivity contribution in [1.29, 1.82) is 0 Å². The van der Waals surface area contributed by atoms with E-state index in [1.807, 2.05) is 36.5 Å². The lowest BCUT2D eigenvalue weighted by atomic mass is 10.3. The molecule has 5 nitrogen and oxygen atoms in total. The van der Waals surface area contributed by atoms with E-state index in [-0.39, 0.29) is 0 Å². The van der Waals surface area contributed by atoms with Crippen molar-refractivity contribution in [2.75, 3.05) is 18.9 Å². The number of nitrogens with one attached hydrogen (secondary N) is 1. The van der Waals surface area contributed by atoms with Gasteiger partial charge in [-0.15, -0.1) is 0 Å². The molecule has 0 saturated carbocycles. The zero-order valence-corrected chi connectivity index (χ0v) is 12.7. The summed E-state index contributed by atoms with van der Waals surface area (Å²) in [6.07, 6.45) is 5.42. The molecule has 2 rings (SSSR count). The number of hydrogen-bond donors (Lipinski definition) is 2. The van der Waals surface area contributed by atoms with Crippen molar-refractivity contribution in [3.8, 4) is 5.75 Å². The Kier molecular flexibility index (Phi) is 6.67. The maximum atomic E-state index is 5.85. The highest BCUT2D eigenvalue weighted by molar-refractivity contribution is 8.13. The van der Waals surface area contributed by atoms with E-state index in [4.69, 9.17) is 10.5 Å². The van der Waals surface area contributed by atoms with Gasteiger partial charge < -0.3 is 15.5 Å². The first-order chi connectivity index (χ1) is 10.3. The van der Waals surface area contributed by atoms with Gasteiger partial charge >= 0.3 is 0 Å². The van der Waals surface area contributed by atoms with Crippen LogP contribution in [0.4, 0.5) is 0 Å².